The van der Waals surface area contributed by atoms with Gasteiger partial charge in [-0.3, -0.25) is 4.79 Å². The maximum Gasteiger partial charge on any atom is 0.291 e. The zero-order valence-electron chi connectivity index (χ0n) is 8.02. The zero-order valence-corrected chi connectivity index (χ0v) is 8.02. The Morgan fingerprint density at radius 2 is 1.79 bits per heavy atom. The lowest BCUT2D eigenvalue weighted by Gasteiger charge is -2.25. The van der Waals surface area contributed by atoms with Gasteiger partial charge >= 0.3 is 0 Å². The summed E-state index contributed by atoms with van der Waals surface area (Å²) in [6.07, 6.45) is 6.62. The normalized spacial score (nSPS) is 16.7. The molecule has 1 aliphatic heterocycles. The second kappa shape index (κ2) is 4.17. The monoisotopic (exact) mass is 191 g/mol. The zero-order chi connectivity index (χ0) is 9.80. The van der Waals surface area contributed by atoms with Gasteiger partial charge in [0.1, 0.15) is 0 Å². The summed E-state index contributed by atoms with van der Waals surface area (Å²) in [7, 11) is 0. The summed E-state index contributed by atoms with van der Waals surface area (Å²) in [5.41, 5.74) is 0. The molecule has 0 saturated carbocycles. The summed E-state index contributed by atoms with van der Waals surface area (Å²) in [6, 6.07) is 1.72. The van der Waals surface area contributed by atoms with Crippen LogP contribution in [0.15, 0.2) is 18.5 Å². The Bertz CT molecular complexity index is 306. The van der Waals surface area contributed by atoms with Crippen molar-refractivity contribution in [1.29, 1.82) is 0 Å². The van der Waals surface area contributed by atoms with Crippen molar-refractivity contribution in [3.05, 3.63) is 24.3 Å². The minimum Gasteiger partial charge on any atom is -0.336 e. The first kappa shape index (κ1) is 9.12. The highest BCUT2D eigenvalue weighted by atomic mass is 16.2. The topological polar surface area (TPSA) is 46.1 Å². The van der Waals surface area contributed by atoms with Gasteiger partial charge in [-0.25, -0.2) is 9.97 Å². The quantitative estimate of drug-likeness (QED) is 0.667. The third kappa shape index (κ3) is 1.89. The molecule has 74 valence electrons. The van der Waals surface area contributed by atoms with E-state index >= 15 is 0 Å². The van der Waals surface area contributed by atoms with Crippen LogP contribution in [0.5, 0.6) is 0 Å². The second-order valence-electron chi connectivity index (χ2n) is 3.43. The van der Waals surface area contributed by atoms with Crippen molar-refractivity contribution in [1.82, 2.24) is 14.9 Å². The van der Waals surface area contributed by atoms with Crippen LogP contribution < -0.4 is 0 Å². The van der Waals surface area contributed by atoms with Crippen LogP contribution in [0, 0.1) is 0 Å². The summed E-state index contributed by atoms with van der Waals surface area (Å²) >= 11 is 0. The van der Waals surface area contributed by atoms with E-state index in [2.05, 4.69) is 9.97 Å². The number of carbonyl (C=O) groups excluding carboxylic acids is 1. The molecule has 1 fully saturated rings. The molecule has 4 nitrogen and oxygen atoms in total. The molecule has 0 radical (unpaired) electrons. The van der Waals surface area contributed by atoms with Gasteiger partial charge in [-0.05, 0) is 25.3 Å². The highest BCUT2D eigenvalue weighted by Gasteiger charge is 2.19. The van der Waals surface area contributed by atoms with E-state index in [1.54, 1.807) is 18.5 Å². The maximum absolute atomic E-state index is 11.8. The van der Waals surface area contributed by atoms with Crippen molar-refractivity contribution in [2.45, 2.75) is 19.3 Å². The molecule has 0 bridgehead atoms. The molecule has 1 amide bonds. The standard InChI is InChI=1S/C10H13N3O/c14-10(9-11-5-4-6-12-9)13-7-2-1-3-8-13/h4-6H,1-3,7-8H2. The van der Waals surface area contributed by atoms with Crippen LogP contribution >= 0.6 is 0 Å². The fourth-order valence-corrected chi connectivity index (χ4v) is 1.65. The number of hydrogen-bond donors (Lipinski definition) is 0. The van der Waals surface area contributed by atoms with Crippen molar-refractivity contribution < 1.29 is 4.79 Å². The van der Waals surface area contributed by atoms with Gasteiger partial charge in [-0.2, -0.15) is 0 Å². The summed E-state index contributed by atoms with van der Waals surface area (Å²) in [5, 5.41) is 0. The van der Waals surface area contributed by atoms with Gasteiger partial charge in [-0.15, -0.1) is 0 Å². The number of rotatable bonds is 1. The smallest absolute Gasteiger partial charge is 0.291 e. The minimum atomic E-state index is -0.0368. The molecule has 0 unspecified atom stereocenters. The van der Waals surface area contributed by atoms with Crippen LogP contribution in [0.3, 0.4) is 0 Å². The Hall–Kier alpha value is -1.45. The van der Waals surface area contributed by atoms with Crippen LogP contribution in [-0.2, 0) is 0 Å². The average Bonchev–Trinajstić information content (AvgIpc) is 2.30. The lowest BCUT2D eigenvalue weighted by Crippen LogP contribution is -2.36. The molecule has 0 aliphatic carbocycles. The predicted octanol–water partition coefficient (Wildman–Crippen LogP) is 1.10. The third-order valence-corrected chi connectivity index (χ3v) is 2.40. The number of amides is 1. The molecule has 0 aromatic carbocycles. The first-order chi connectivity index (χ1) is 6.88. The van der Waals surface area contributed by atoms with Crippen LogP contribution in [0.4, 0.5) is 0 Å². The van der Waals surface area contributed by atoms with Gasteiger partial charge in [0.2, 0.25) is 5.82 Å². The van der Waals surface area contributed by atoms with Crippen LogP contribution in [-0.4, -0.2) is 33.9 Å². The van der Waals surface area contributed by atoms with Crippen molar-refractivity contribution in [2.24, 2.45) is 0 Å². The Morgan fingerprint density at radius 3 is 2.43 bits per heavy atom. The molecule has 0 atom stereocenters. The van der Waals surface area contributed by atoms with E-state index in [0.717, 1.165) is 25.9 Å². The Morgan fingerprint density at radius 1 is 1.14 bits per heavy atom. The highest BCUT2D eigenvalue weighted by Crippen LogP contribution is 2.10. The predicted molar refractivity (Wildman–Crippen MR) is 51.8 cm³/mol. The van der Waals surface area contributed by atoms with Gasteiger partial charge in [0, 0.05) is 25.5 Å². The minimum absolute atomic E-state index is 0.0368. The number of carbonyl (C=O) groups is 1. The van der Waals surface area contributed by atoms with E-state index in [1.165, 1.54) is 6.42 Å². The molecular weight excluding hydrogens is 178 g/mol. The fourth-order valence-electron chi connectivity index (χ4n) is 1.65. The Kier molecular flexibility index (Phi) is 2.72. The average molecular weight is 191 g/mol. The molecule has 1 saturated heterocycles. The number of hydrogen-bond acceptors (Lipinski definition) is 3. The van der Waals surface area contributed by atoms with Gasteiger partial charge in [-0.1, -0.05) is 0 Å². The van der Waals surface area contributed by atoms with Crippen molar-refractivity contribution in [3.8, 4) is 0 Å². The molecule has 1 aromatic rings. The van der Waals surface area contributed by atoms with E-state index in [1.807, 2.05) is 4.90 Å². The summed E-state index contributed by atoms with van der Waals surface area (Å²) in [6.45, 7) is 1.69. The Labute approximate surface area is 83.0 Å². The van der Waals surface area contributed by atoms with Gasteiger partial charge in [0.05, 0.1) is 0 Å². The highest BCUT2D eigenvalue weighted by molar-refractivity contribution is 5.90. The lowest BCUT2D eigenvalue weighted by atomic mass is 10.1. The van der Waals surface area contributed by atoms with Gasteiger partial charge in [0.15, 0.2) is 0 Å². The van der Waals surface area contributed by atoms with E-state index in [0.29, 0.717) is 5.82 Å². The number of likely N-dealkylation sites (tertiary alicyclic amines) is 1. The molecule has 0 N–H and O–H groups in total. The van der Waals surface area contributed by atoms with Crippen molar-refractivity contribution in [2.75, 3.05) is 13.1 Å². The number of nitrogens with zero attached hydrogens (tertiary/aromatic N) is 3. The van der Waals surface area contributed by atoms with Crippen LogP contribution in [0.1, 0.15) is 29.9 Å². The first-order valence-corrected chi connectivity index (χ1v) is 4.94. The maximum atomic E-state index is 11.8. The van der Waals surface area contributed by atoms with Crippen LogP contribution in [0.25, 0.3) is 0 Å². The number of aromatic nitrogens is 2. The molecular formula is C10H13N3O. The fraction of sp³-hybridized carbons (Fsp3) is 0.500. The molecule has 0 spiro atoms. The molecule has 2 rings (SSSR count). The van der Waals surface area contributed by atoms with Crippen LogP contribution in [0.2, 0.25) is 0 Å². The molecule has 1 aliphatic rings. The summed E-state index contributed by atoms with van der Waals surface area (Å²) < 4.78 is 0. The molecule has 4 heteroatoms. The Balaban J connectivity index is 2.07. The molecule has 1 aromatic heterocycles. The second-order valence-corrected chi connectivity index (χ2v) is 3.43. The van der Waals surface area contributed by atoms with E-state index in [9.17, 15) is 4.79 Å². The SMILES string of the molecule is O=C(c1ncccn1)N1CCCCC1. The van der Waals surface area contributed by atoms with Gasteiger partial charge in [0.25, 0.3) is 5.91 Å². The van der Waals surface area contributed by atoms with Crippen molar-refractivity contribution >= 4 is 5.91 Å². The first-order valence-electron chi connectivity index (χ1n) is 4.94. The number of piperidine rings is 1. The molecule has 14 heavy (non-hydrogen) atoms. The summed E-state index contributed by atoms with van der Waals surface area (Å²) in [4.78, 5) is 21.5. The largest absolute Gasteiger partial charge is 0.336 e. The van der Waals surface area contributed by atoms with E-state index in [4.69, 9.17) is 0 Å². The lowest BCUT2D eigenvalue weighted by molar-refractivity contribution is 0.0712. The summed E-state index contributed by atoms with van der Waals surface area (Å²) in [5.74, 6) is 0.278. The third-order valence-electron chi connectivity index (χ3n) is 2.40. The molecule has 2 heterocycles. The van der Waals surface area contributed by atoms with Gasteiger partial charge < -0.3 is 4.90 Å². The van der Waals surface area contributed by atoms with Crippen molar-refractivity contribution in [3.63, 3.8) is 0 Å². The van der Waals surface area contributed by atoms with E-state index in [-0.39, 0.29) is 5.91 Å². The van der Waals surface area contributed by atoms with E-state index < -0.39 is 0 Å².